The van der Waals surface area contributed by atoms with E-state index in [0.717, 1.165) is 22.5 Å². The first-order valence-electron chi connectivity index (χ1n) is 9.73. The van der Waals surface area contributed by atoms with Crippen molar-refractivity contribution >= 4 is 5.91 Å². The van der Waals surface area contributed by atoms with Crippen molar-refractivity contribution in [1.29, 1.82) is 0 Å². The van der Waals surface area contributed by atoms with Gasteiger partial charge in [-0.05, 0) is 36.2 Å². The van der Waals surface area contributed by atoms with Gasteiger partial charge in [-0.2, -0.15) is 0 Å². The van der Waals surface area contributed by atoms with Crippen LogP contribution < -0.4 is 5.56 Å². The van der Waals surface area contributed by atoms with Crippen LogP contribution in [-0.2, 0) is 18.5 Å². The number of carbonyl (C=O) groups is 1. The molecule has 0 fully saturated rings. The van der Waals surface area contributed by atoms with Crippen molar-refractivity contribution in [1.82, 2.24) is 14.9 Å². The van der Waals surface area contributed by atoms with Gasteiger partial charge in [0.2, 0.25) is 0 Å². The van der Waals surface area contributed by atoms with Crippen molar-refractivity contribution in [3.05, 3.63) is 99.2 Å². The van der Waals surface area contributed by atoms with Crippen LogP contribution in [0.5, 0.6) is 0 Å². The number of hydrogen-bond acceptors (Lipinski definition) is 3. The van der Waals surface area contributed by atoms with Gasteiger partial charge in [0.1, 0.15) is 5.56 Å². The average Bonchev–Trinajstić information content (AvgIpc) is 2.68. The van der Waals surface area contributed by atoms with Gasteiger partial charge in [0.15, 0.2) is 0 Å². The van der Waals surface area contributed by atoms with E-state index in [9.17, 15) is 9.59 Å². The molecule has 1 N–H and O–H groups in total. The van der Waals surface area contributed by atoms with Gasteiger partial charge in [0, 0.05) is 23.9 Å². The van der Waals surface area contributed by atoms with Gasteiger partial charge in [0.25, 0.3) is 11.5 Å². The lowest BCUT2D eigenvalue weighted by molar-refractivity contribution is 0.0725. The first kappa shape index (κ1) is 20.5. The second-order valence-electron chi connectivity index (χ2n) is 8.28. The largest absolute Gasteiger partial charge is 0.328 e. The number of pyridine rings is 2. The van der Waals surface area contributed by atoms with Crippen LogP contribution in [0.4, 0.5) is 0 Å². The Bertz CT molecular complexity index is 1050. The second kappa shape index (κ2) is 8.43. The summed E-state index contributed by atoms with van der Waals surface area (Å²) in [5, 5.41) is 0. The first-order chi connectivity index (χ1) is 13.8. The van der Waals surface area contributed by atoms with Crippen LogP contribution in [0.3, 0.4) is 0 Å². The summed E-state index contributed by atoms with van der Waals surface area (Å²) in [5.74, 6) is -0.305. The molecule has 0 aliphatic heterocycles. The van der Waals surface area contributed by atoms with Gasteiger partial charge >= 0.3 is 0 Å². The normalized spacial score (nSPS) is 11.3. The molecule has 0 atom stereocenters. The zero-order valence-electron chi connectivity index (χ0n) is 17.4. The number of carbonyl (C=O) groups excluding carboxylic acids is 1. The minimum atomic E-state index is -0.363. The molecule has 2 heterocycles. The van der Waals surface area contributed by atoms with Gasteiger partial charge in [0.05, 0.1) is 12.2 Å². The predicted octanol–water partition coefficient (Wildman–Crippen LogP) is 4.22. The summed E-state index contributed by atoms with van der Waals surface area (Å²) in [6.45, 7) is 8.76. The number of nitrogens with one attached hydrogen (secondary N) is 1. The van der Waals surface area contributed by atoms with Gasteiger partial charge in [-0.1, -0.05) is 57.2 Å². The van der Waals surface area contributed by atoms with E-state index in [1.807, 2.05) is 76.2 Å². The molecule has 0 radical (unpaired) electrons. The number of benzene rings is 1. The molecular weight excluding hydrogens is 362 g/mol. The minimum absolute atomic E-state index is 0.141. The van der Waals surface area contributed by atoms with E-state index >= 15 is 0 Å². The SMILES string of the molecule is Cc1cccnc1CN(Cc1ccccc1)C(=O)c1ccc(C(C)(C)C)[nH]c1=O. The summed E-state index contributed by atoms with van der Waals surface area (Å²) in [5.41, 5.74) is 3.21. The van der Waals surface area contributed by atoms with E-state index in [4.69, 9.17) is 0 Å². The van der Waals surface area contributed by atoms with Crippen LogP contribution >= 0.6 is 0 Å². The Labute approximate surface area is 171 Å². The zero-order valence-corrected chi connectivity index (χ0v) is 17.4. The van der Waals surface area contributed by atoms with Crippen LogP contribution in [-0.4, -0.2) is 20.8 Å². The minimum Gasteiger partial charge on any atom is -0.328 e. The average molecular weight is 389 g/mol. The van der Waals surface area contributed by atoms with Crippen molar-refractivity contribution in [2.75, 3.05) is 0 Å². The van der Waals surface area contributed by atoms with E-state index in [1.165, 1.54) is 0 Å². The Morgan fingerprint density at radius 1 is 1.00 bits per heavy atom. The fraction of sp³-hybridized carbons (Fsp3) is 0.292. The van der Waals surface area contributed by atoms with E-state index in [-0.39, 0.29) is 22.4 Å². The number of hydrogen-bond donors (Lipinski definition) is 1. The molecule has 150 valence electrons. The molecule has 3 aromatic rings. The number of aromatic amines is 1. The number of nitrogens with zero attached hydrogens (tertiary/aromatic N) is 2. The Kier molecular flexibility index (Phi) is 5.97. The first-order valence-corrected chi connectivity index (χ1v) is 9.73. The lowest BCUT2D eigenvalue weighted by atomic mass is 9.91. The Balaban J connectivity index is 1.96. The molecule has 5 heteroatoms. The van der Waals surface area contributed by atoms with Crippen molar-refractivity contribution in [3.63, 3.8) is 0 Å². The maximum atomic E-state index is 13.3. The highest BCUT2D eigenvalue weighted by Gasteiger charge is 2.22. The molecule has 5 nitrogen and oxygen atoms in total. The monoisotopic (exact) mass is 389 g/mol. The van der Waals surface area contributed by atoms with Crippen LogP contribution in [0.1, 0.15) is 53.6 Å². The number of rotatable bonds is 5. The van der Waals surface area contributed by atoms with E-state index in [0.29, 0.717) is 13.1 Å². The summed E-state index contributed by atoms with van der Waals surface area (Å²) in [7, 11) is 0. The third-order valence-electron chi connectivity index (χ3n) is 4.91. The highest BCUT2D eigenvalue weighted by atomic mass is 16.2. The van der Waals surface area contributed by atoms with Gasteiger partial charge < -0.3 is 9.88 Å². The topological polar surface area (TPSA) is 66.1 Å². The molecule has 2 aromatic heterocycles. The number of aromatic nitrogens is 2. The fourth-order valence-corrected chi connectivity index (χ4v) is 3.12. The lowest BCUT2D eigenvalue weighted by Crippen LogP contribution is -2.35. The van der Waals surface area contributed by atoms with Crippen molar-refractivity contribution in [2.45, 2.75) is 46.2 Å². The van der Waals surface area contributed by atoms with Gasteiger partial charge in [-0.25, -0.2) is 0 Å². The molecule has 29 heavy (non-hydrogen) atoms. The molecule has 0 saturated heterocycles. The molecule has 1 aromatic carbocycles. The lowest BCUT2D eigenvalue weighted by Gasteiger charge is -2.24. The van der Waals surface area contributed by atoms with Crippen molar-refractivity contribution < 1.29 is 4.79 Å². The molecule has 0 unspecified atom stereocenters. The van der Waals surface area contributed by atoms with E-state index in [1.54, 1.807) is 17.2 Å². The summed E-state index contributed by atoms with van der Waals surface area (Å²) in [4.78, 5) is 35.0. The molecule has 0 bridgehead atoms. The maximum absolute atomic E-state index is 13.3. The molecule has 0 aliphatic rings. The smallest absolute Gasteiger partial charge is 0.261 e. The summed E-state index contributed by atoms with van der Waals surface area (Å²) in [6, 6.07) is 17.1. The van der Waals surface area contributed by atoms with Gasteiger partial charge in [-0.15, -0.1) is 0 Å². The molecule has 0 aliphatic carbocycles. The molecule has 0 saturated carbocycles. The Morgan fingerprint density at radius 2 is 1.72 bits per heavy atom. The van der Waals surface area contributed by atoms with Crippen molar-refractivity contribution in [2.24, 2.45) is 0 Å². The quantitative estimate of drug-likeness (QED) is 0.710. The summed E-state index contributed by atoms with van der Waals surface area (Å²) < 4.78 is 0. The molecular formula is C24H27N3O2. The zero-order chi connectivity index (χ0) is 21.0. The predicted molar refractivity (Wildman–Crippen MR) is 115 cm³/mol. The van der Waals surface area contributed by atoms with Crippen LogP contribution in [0, 0.1) is 6.92 Å². The number of amides is 1. The summed E-state index contributed by atoms with van der Waals surface area (Å²) >= 11 is 0. The van der Waals surface area contributed by atoms with Crippen LogP contribution in [0.2, 0.25) is 0 Å². The third-order valence-corrected chi connectivity index (χ3v) is 4.91. The highest BCUT2D eigenvalue weighted by Crippen LogP contribution is 2.19. The number of H-pyrrole nitrogens is 1. The molecule has 0 spiro atoms. The molecule has 1 amide bonds. The van der Waals surface area contributed by atoms with Crippen molar-refractivity contribution in [3.8, 4) is 0 Å². The Hall–Kier alpha value is -3.21. The van der Waals surface area contributed by atoms with Crippen LogP contribution in [0.25, 0.3) is 0 Å². The van der Waals surface area contributed by atoms with Gasteiger partial charge in [-0.3, -0.25) is 14.6 Å². The van der Waals surface area contributed by atoms with Crippen LogP contribution in [0.15, 0.2) is 65.6 Å². The highest BCUT2D eigenvalue weighted by molar-refractivity contribution is 5.93. The van der Waals surface area contributed by atoms with E-state index in [2.05, 4.69) is 9.97 Å². The third kappa shape index (κ3) is 4.99. The number of aryl methyl sites for hydroxylation is 1. The standard InChI is InChI=1S/C24H27N3O2/c1-17-9-8-14-25-20(17)16-27(15-18-10-6-5-7-11-18)23(29)19-12-13-21(24(2,3)4)26-22(19)28/h5-14H,15-16H2,1-4H3,(H,26,28). The maximum Gasteiger partial charge on any atom is 0.261 e. The second-order valence-corrected chi connectivity index (χ2v) is 8.28. The fourth-order valence-electron chi connectivity index (χ4n) is 3.12. The van der Waals surface area contributed by atoms with E-state index < -0.39 is 0 Å². The summed E-state index contributed by atoms with van der Waals surface area (Å²) in [6.07, 6.45) is 1.72. The molecule has 3 rings (SSSR count). The Morgan fingerprint density at radius 3 is 2.34 bits per heavy atom.